The van der Waals surface area contributed by atoms with Crippen molar-refractivity contribution in [3.8, 4) is 0 Å². The Balaban J connectivity index is 1.80. The summed E-state index contributed by atoms with van der Waals surface area (Å²) in [6.07, 6.45) is 4.23. The Morgan fingerprint density at radius 2 is 2.19 bits per heavy atom. The molecule has 1 unspecified atom stereocenters. The second-order valence-electron chi connectivity index (χ2n) is 5.18. The fourth-order valence-corrected chi connectivity index (χ4v) is 3.35. The lowest BCUT2D eigenvalue weighted by atomic mass is 9.99. The molecule has 3 heteroatoms. The van der Waals surface area contributed by atoms with Crippen LogP contribution in [0.15, 0.2) is 22.7 Å². The van der Waals surface area contributed by atoms with Gasteiger partial charge >= 0.3 is 0 Å². The monoisotopic (exact) mass is 279 g/mol. The van der Waals surface area contributed by atoms with Crippen LogP contribution in [0.25, 0.3) is 0 Å². The highest BCUT2D eigenvalue weighted by Gasteiger charge is 2.53. The molecule has 1 saturated carbocycles. The predicted octanol–water partition coefficient (Wildman–Crippen LogP) is 3.05. The molecule has 1 aromatic rings. The normalized spacial score (nSPS) is 29.1. The Morgan fingerprint density at radius 1 is 1.38 bits per heavy atom. The Kier molecular flexibility index (Phi) is 1.79. The summed E-state index contributed by atoms with van der Waals surface area (Å²) >= 11 is 3.58. The van der Waals surface area contributed by atoms with Crippen LogP contribution in [0.4, 0.5) is 5.69 Å². The van der Waals surface area contributed by atoms with E-state index in [0.29, 0.717) is 11.6 Å². The Labute approximate surface area is 104 Å². The fraction of sp³-hybridized carbons (Fsp3) is 0.538. The van der Waals surface area contributed by atoms with Gasteiger partial charge in [-0.3, -0.25) is 0 Å². The van der Waals surface area contributed by atoms with E-state index in [1.54, 1.807) is 0 Å². The number of hydrogen-bond donors (Lipinski definition) is 0. The summed E-state index contributed by atoms with van der Waals surface area (Å²) in [6.45, 7) is 2.10. The van der Waals surface area contributed by atoms with Gasteiger partial charge in [0.05, 0.1) is 6.61 Å². The number of nitrogens with zero attached hydrogens (tertiary/aromatic N) is 1. The molecule has 0 radical (unpaired) electrons. The molecule has 2 fully saturated rings. The Bertz CT molecular complexity index is 451. The van der Waals surface area contributed by atoms with Gasteiger partial charge in [0.15, 0.2) is 0 Å². The van der Waals surface area contributed by atoms with Crippen molar-refractivity contribution >= 4 is 21.6 Å². The maximum absolute atomic E-state index is 5.64. The molecule has 2 nitrogen and oxygen atoms in total. The minimum absolute atomic E-state index is 0.347. The molecule has 84 valence electrons. The van der Waals surface area contributed by atoms with Crippen molar-refractivity contribution in [1.82, 2.24) is 0 Å². The molecule has 1 aliphatic carbocycles. The van der Waals surface area contributed by atoms with Crippen molar-refractivity contribution in [1.29, 1.82) is 0 Å². The topological polar surface area (TPSA) is 12.5 Å². The maximum atomic E-state index is 5.64. The zero-order valence-electron chi connectivity index (χ0n) is 9.08. The second kappa shape index (κ2) is 3.02. The van der Waals surface area contributed by atoms with Crippen molar-refractivity contribution in [3.63, 3.8) is 0 Å². The Morgan fingerprint density at radius 3 is 2.81 bits per heavy atom. The van der Waals surface area contributed by atoms with Crippen molar-refractivity contribution in [3.05, 3.63) is 28.2 Å². The number of ether oxygens (including phenoxy) is 1. The first kappa shape index (κ1) is 9.49. The average Bonchev–Trinajstić information content (AvgIpc) is 2.88. The third kappa shape index (κ3) is 1.16. The summed E-state index contributed by atoms with van der Waals surface area (Å²) in [6, 6.07) is 6.70. The van der Waals surface area contributed by atoms with Crippen LogP contribution in [-0.2, 0) is 10.2 Å². The van der Waals surface area contributed by atoms with Crippen LogP contribution < -0.4 is 4.90 Å². The molecular formula is C13H14BrNO. The third-order valence-corrected chi connectivity index (χ3v) is 4.68. The number of anilines is 1. The summed E-state index contributed by atoms with van der Waals surface area (Å²) in [4.78, 5) is 2.47. The molecule has 1 aromatic carbocycles. The lowest BCUT2D eigenvalue weighted by molar-refractivity contribution is -0.0507. The van der Waals surface area contributed by atoms with Gasteiger partial charge in [0, 0.05) is 28.5 Å². The van der Waals surface area contributed by atoms with Crippen LogP contribution in [0.1, 0.15) is 24.8 Å². The van der Waals surface area contributed by atoms with Gasteiger partial charge in [0.25, 0.3) is 0 Å². The van der Waals surface area contributed by atoms with Gasteiger partial charge in [0.2, 0.25) is 0 Å². The van der Waals surface area contributed by atoms with Crippen molar-refractivity contribution in [2.24, 2.45) is 0 Å². The highest BCUT2D eigenvalue weighted by molar-refractivity contribution is 9.10. The first-order valence-electron chi connectivity index (χ1n) is 5.97. The minimum Gasteiger partial charge on any atom is -0.358 e. The zero-order chi connectivity index (χ0) is 10.8. The van der Waals surface area contributed by atoms with Gasteiger partial charge in [-0.05, 0) is 36.6 Å². The third-order valence-electron chi connectivity index (χ3n) is 4.19. The van der Waals surface area contributed by atoms with E-state index >= 15 is 0 Å². The van der Waals surface area contributed by atoms with E-state index in [9.17, 15) is 0 Å². The summed E-state index contributed by atoms with van der Waals surface area (Å²) in [5.41, 5.74) is 3.42. The fourth-order valence-electron chi connectivity index (χ4n) is 2.98. The number of fused-ring (bicyclic) bond motifs is 2. The summed E-state index contributed by atoms with van der Waals surface area (Å²) < 4.78 is 6.84. The average molecular weight is 280 g/mol. The molecule has 2 aliphatic heterocycles. The molecule has 3 aliphatic rings. The lowest BCUT2D eigenvalue weighted by Gasteiger charge is -2.36. The summed E-state index contributed by atoms with van der Waals surface area (Å²) in [5.74, 6) is 0. The molecule has 4 rings (SSSR count). The predicted molar refractivity (Wildman–Crippen MR) is 66.8 cm³/mol. The first-order chi connectivity index (χ1) is 7.78. The second-order valence-corrected chi connectivity index (χ2v) is 6.10. The van der Waals surface area contributed by atoms with E-state index in [1.807, 2.05) is 0 Å². The lowest BCUT2D eigenvalue weighted by Crippen LogP contribution is -2.44. The van der Waals surface area contributed by atoms with Crippen LogP contribution in [0.3, 0.4) is 0 Å². The molecule has 0 N–H and O–H groups in total. The number of benzene rings is 1. The van der Waals surface area contributed by atoms with E-state index in [0.717, 1.165) is 6.61 Å². The quantitative estimate of drug-likeness (QED) is 0.784. The molecular weight excluding hydrogens is 266 g/mol. The largest absolute Gasteiger partial charge is 0.358 e. The van der Waals surface area contributed by atoms with Crippen LogP contribution in [0.2, 0.25) is 0 Å². The van der Waals surface area contributed by atoms with E-state index in [1.165, 1.54) is 41.5 Å². The van der Waals surface area contributed by atoms with Crippen molar-refractivity contribution in [2.75, 3.05) is 18.1 Å². The molecule has 1 spiro atoms. The maximum Gasteiger partial charge on any atom is 0.132 e. The standard InChI is InChI=1S/C13H14BrNO/c14-9-1-2-11-10(7-9)13(4-5-13)8-15(11)12-3-6-16-12/h1-2,7,12H,3-6,8H2. The van der Waals surface area contributed by atoms with Crippen LogP contribution in [-0.4, -0.2) is 19.4 Å². The molecule has 0 aromatic heterocycles. The summed E-state index contributed by atoms with van der Waals surface area (Å²) in [7, 11) is 0. The van der Waals surface area contributed by atoms with Gasteiger partial charge in [-0.25, -0.2) is 0 Å². The van der Waals surface area contributed by atoms with Crippen LogP contribution >= 0.6 is 15.9 Å². The highest BCUT2D eigenvalue weighted by atomic mass is 79.9. The molecule has 1 saturated heterocycles. The van der Waals surface area contributed by atoms with E-state index in [-0.39, 0.29) is 0 Å². The van der Waals surface area contributed by atoms with Gasteiger partial charge in [-0.15, -0.1) is 0 Å². The first-order valence-corrected chi connectivity index (χ1v) is 6.76. The van der Waals surface area contributed by atoms with E-state index in [4.69, 9.17) is 4.74 Å². The SMILES string of the molecule is Brc1ccc2c(c1)C1(CC1)CN2C1CCO1. The van der Waals surface area contributed by atoms with E-state index in [2.05, 4.69) is 39.0 Å². The van der Waals surface area contributed by atoms with Gasteiger partial charge < -0.3 is 9.64 Å². The van der Waals surface area contributed by atoms with E-state index < -0.39 is 0 Å². The smallest absolute Gasteiger partial charge is 0.132 e. The number of hydrogen-bond acceptors (Lipinski definition) is 2. The van der Waals surface area contributed by atoms with Gasteiger partial charge in [-0.1, -0.05) is 15.9 Å². The number of rotatable bonds is 1. The molecule has 16 heavy (non-hydrogen) atoms. The highest BCUT2D eigenvalue weighted by Crippen LogP contribution is 2.57. The number of halogens is 1. The molecule has 0 amide bonds. The zero-order valence-corrected chi connectivity index (χ0v) is 10.7. The molecule has 2 heterocycles. The Hall–Kier alpha value is -0.540. The van der Waals surface area contributed by atoms with Gasteiger partial charge in [0.1, 0.15) is 6.23 Å². The van der Waals surface area contributed by atoms with Crippen LogP contribution in [0.5, 0.6) is 0 Å². The molecule has 0 bridgehead atoms. The summed E-state index contributed by atoms with van der Waals surface area (Å²) in [5, 5.41) is 0. The van der Waals surface area contributed by atoms with Crippen molar-refractivity contribution < 1.29 is 4.74 Å². The van der Waals surface area contributed by atoms with Crippen molar-refractivity contribution in [2.45, 2.75) is 30.9 Å². The van der Waals surface area contributed by atoms with Crippen LogP contribution in [0, 0.1) is 0 Å². The molecule has 1 atom stereocenters. The van der Waals surface area contributed by atoms with Gasteiger partial charge in [-0.2, -0.15) is 0 Å². The minimum atomic E-state index is 0.347.